The molecule has 1 unspecified atom stereocenters. The Bertz CT molecular complexity index is 726. The first-order valence-electron chi connectivity index (χ1n) is 7.97. The van der Waals surface area contributed by atoms with Gasteiger partial charge in [0.2, 0.25) is 0 Å². The summed E-state index contributed by atoms with van der Waals surface area (Å²) in [7, 11) is 0. The smallest absolute Gasteiger partial charge is 0.261 e. The number of carbonyl (C=O) groups is 1. The van der Waals surface area contributed by atoms with Crippen LogP contribution in [0.25, 0.3) is 0 Å². The molecule has 1 aliphatic rings. The first-order chi connectivity index (χ1) is 11.5. The number of aliphatic hydroxyl groups is 1. The third-order valence-electron chi connectivity index (χ3n) is 4.27. The van der Waals surface area contributed by atoms with Gasteiger partial charge >= 0.3 is 0 Å². The summed E-state index contributed by atoms with van der Waals surface area (Å²) in [4.78, 5) is 12.5. The van der Waals surface area contributed by atoms with Gasteiger partial charge in [0, 0.05) is 5.02 Å². The number of hydrogen-bond donors (Lipinski definition) is 2. The van der Waals surface area contributed by atoms with Gasteiger partial charge in [-0.05, 0) is 55.2 Å². The van der Waals surface area contributed by atoms with Crippen molar-refractivity contribution in [1.29, 1.82) is 0 Å². The first kappa shape index (κ1) is 16.8. The van der Waals surface area contributed by atoms with Crippen molar-refractivity contribution in [3.05, 3.63) is 64.7 Å². The van der Waals surface area contributed by atoms with Gasteiger partial charge in [-0.3, -0.25) is 4.79 Å². The Morgan fingerprint density at radius 1 is 1.29 bits per heavy atom. The van der Waals surface area contributed by atoms with Gasteiger partial charge in [-0.2, -0.15) is 0 Å². The molecule has 0 bridgehead atoms. The van der Waals surface area contributed by atoms with Gasteiger partial charge in [-0.25, -0.2) is 0 Å². The molecule has 2 aromatic carbocycles. The number of amides is 1. The van der Waals surface area contributed by atoms with Crippen LogP contribution in [-0.4, -0.2) is 17.1 Å². The summed E-state index contributed by atoms with van der Waals surface area (Å²) in [5, 5.41) is 12.9. The summed E-state index contributed by atoms with van der Waals surface area (Å²) >= 11 is 5.93. The number of aliphatic hydroxyl groups excluding tert-OH is 1. The molecule has 1 fully saturated rings. The molecule has 1 aliphatic carbocycles. The Kier molecular flexibility index (Phi) is 4.78. The Balaban J connectivity index is 1.64. The van der Waals surface area contributed by atoms with Crippen LogP contribution in [0.3, 0.4) is 0 Å². The highest BCUT2D eigenvalue weighted by atomic mass is 35.5. The average Bonchev–Trinajstić information content (AvgIpc) is 3.36. The van der Waals surface area contributed by atoms with Crippen LogP contribution in [0.5, 0.6) is 5.75 Å². The Labute approximate surface area is 146 Å². The lowest BCUT2D eigenvalue weighted by atomic mass is 10.0. The van der Waals surface area contributed by atoms with Gasteiger partial charge in [0.1, 0.15) is 5.75 Å². The first-order valence-corrected chi connectivity index (χ1v) is 8.35. The molecular formula is C19H20ClNO3. The number of rotatable bonds is 6. The van der Waals surface area contributed by atoms with Crippen molar-refractivity contribution < 1.29 is 14.6 Å². The highest BCUT2D eigenvalue weighted by molar-refractivity contribution is 6.30. The lowest BCUT2D eigenvalue weighted by Gasteiger charge is -2.21. The van der Waals surface area contributed by atoms with Crippen molar-refractivity contribution in [3.8, 4) is 5.75 Å². The minimum atomic E-state index is -0.622. The number of carbonyl (C=O) groups excluding carboxylic acids is 1. The van der Waals surface area contributed by atoms with Crippen molar-refractivity contribution in [3.63, 3.8) is 0 Å². The van der Waals surface area contributed by atoms with Crippen LogP contribution in [0.4, 0.5) is 0 Å². The minimum Gasteiger partial charge on any atom is -0.481 e. The Hall–Kier alpha value is -2.04. The molecule has 2 N–H and O–H groups in total. The largest absolute Gasteiger partial charge is 0.481 e. The summed E-state index contributed by atoms with van der Waals surface area (Å²) in [5.41, 5.74) is 1.52. The quantitative estimate of drug-likeness (QED) is 0.843. The maximum atomic E-state index is 12.5. The second-order valence-corrected chi connectivity index (χ2v) is 6.58. The molecule has 0 radical (unpaired) electrons. The zero-order chi connectivity index (χ0) is 17.2. The molecule has 1 saturated carbocycles. The maximum Gasteiger partial charge on any atom is 0.261 e. The standard InChI is InChI=1S/C19H20ClNO3/c1-13(24-17-4-2-3-14(11-17)12-22)18(23)21-19(9-10-19)15-5-7-16(20)8-6-15/h2-8,11,13,22H,9-10,12H2,1H3,(H,21,23). The van der Waals surface area contributed by atoms with Gasteiger partial charge in [-0.15, -0.1) is 0 Å². The second-order valence-electron chi connectivity index (χ2n) is 6.14. The van der Waals surface area contributed by atoms with E-state index in [0.29, 0.717) is 10.8 Å². The Morgan fingerprint density at radius 3 is 2.62 bits per heavy atom. The summed E-state index contributed by atoms with van der Waals surface area (Å²) in [6.07, 6.45) is 1.20. The Morgan fingerprint density at radius 2 is 2.00 bits per heavy atom. The molecule has 2 aromatic rings. The fraction of sp³-hybridized carbons (Fsp3) is 0.316. The van der Waals surface area contributed by atoms with E-state index < -0.39 is 6.10 Å². The molecule has 0 heterocycles. The third kappa shape index (κ3) is 3.71. The average molecular weight is 346 g/mol. The van der Waals surface area contributed by atoms with E-state index >= 15 is 0 Å². The summed E-state index contributed by atoms with van der Waals surface area (Å²) in [5.74, 6) is 0.414. The van der Waals surface area contributed by atoms with Crippen molar-refractivity contribution in [2.24, 2.45) is 0 Å². The number of halogens is 1. The molecule has 0 aliphatic heterocycles. The van der Waals surface area contributed by atoms with E-state index in [1.807, 2.05) is 24.3 Å². The van der Waals surface area contributed by atoms with Crippen LogP contribution in [0, 0.1) is 0 Å². The minimum absolute atomic E-state index is 0.0581. The molecule has 0 spiro atoms. The van der Waals surface area contributed by atoms with Crippen molar-refractivity contribution in [2.75, 3.05) is 0 Å². The van der Waals surface area contributed by atoms with Crippen molar-refractivity contribution >= 4 is 17.5 Å². The van der Waals surface area contributed by atoms with E-state index in [2.05, 4.69) is 5.32 Å². The predicted molar refractivity (Wildman–Crippen MR) is 93.0 cm³/mol. The molecule has 5 heteroatoms. The molecule has 1 amide bonds. The molecular weight excluding hydrogens is 326 g/mol. The van der Waals surface area contributed by atoms with Crippen LogP contribution in [0.2, 0.25) is 5.02 Å². The maximum absolute atomic E-state index is 12.5. The highest BCUT2D eigenvalue weighted by Crippen LogP contribution is 2.45. The number of nitrogens with one attached hydrogen (secondary N) is 1. The van der Waals surface area contributed by atoms with E-state index in [4.69, 9.17) is 21.4 Å². The normalized spacial score (nSPS) is 16.3. The fourth-order valence-electron chi connectivity index (χ4n) is 2.69. The van der Waals surface area contributed by atoms with E-state index in [-0.39, 0.29) is 18.1 Å². The lowest BCUT2D eigenvalue weighted by Crippen LogP contribution is -2.42. The summed E-state index contributed by atoms with van der Waals surface area (Å²) < 4.78 is 5.70. The van der Waals surface area contributed by atoms with Crippen LogP contribution < -0.4 is 10.1 Å². The summed E-state index contributed by atoms with van der Waals surface area (Å²) in [6.45, 7) is 1.66. The molecule has 24 heavy (non-hydrogen) atoms. The lowest BCUT2D eigenvalue weighted by molar-refractivity contribution is -0.128. The van der Waals surface area contributed by atoms with E-state index in [9.17, 15) is 4.79 Å². The molecule has 3 rings (SSSR count). The molecule has 0 aromatic heterocycles. The molecule has 0 saturated heterocycles. The van der Waals surface area contributed by atoms with Crippen LogP contribution in [0.1, 0.15) is 30.9 Å². The number of hydrogen-bond acceptors (Lipinski definition) is 3. The van der Waals surface area contributed by atoms with Crippen molar-refractivity contribution in [1.82, 2.24) is 5.32 Å². The molecule has 1 atom stereocenters. The van der Waals surface area contributed by atoms with Gasteiger partial charge in [-0.1, -0.05) is 35.9 Å². The summed E-state index contributed by atoms with van der Waals surface area (Å²) in [6, 6.07) is 14.7. The van der Waals surface area contributed by atoms with E-state index in [0.717, 1.165) is 24.0 Å². The predicted octanol–water partition coefficient (Wildman–Crippen LogP) is 3.41. The van der Waals surface area contributed by atoms with Crippen molar-refractivity contribution in [2.45, 2.75) is 38.0 Å². The second kappa shape index (κ2) is 6.83. The van der Waals surface area contributed by atoms with Gasteiger partial charge in [0.15, 0.2) is 6.10 Å². The van der Waals surface area contributed by atoms with Crippen LogP contribution in [-0.2, 0) is 16.9 Å². The zero-order valence-electron chi connectivity index (χ0n) is 13.5. The van der Waals surface area contributed by atoms with Gasteiger partial charge in [0.05, 0.1) is 12.1 Å². The van der Waals surface area contributed by atoms with Crippen LogP contribution >= 0.6 is 11.6 Å². The van der Waals surface area contributed by atoms with Gasteiger partial charge in [0.25, 0.3) is 5.91 Å². The molecule has 4 nitrogen and oxygen atoms in total. The van der Waals surface area contributed by atoms with Gasteiger partial charge < -0.3 is 15.2 Å². The zero-order valence-corrected chi connectivity index (χ0v) is 14.2. The third-order valence-corrected chi connectivity index (χ3v) is 4.52. The highest BCUT2D eigenvalue weighted by Gasteiger charge is 2.46. The number of ether oxygens (including phenoxy) is 1. The van der Waals surface area contributed by atoms with E-state index in [1.54, 1.807) is 31.2 Å². The SMILES string of the molecule is CC(Oc1cccc(CO)c1)C(=O)NC1(c2ccc(Cl)cc2)CC1. The number of benzene rings is 2. The fourth-order valence-corrected chi connectivity index (χ4v) is 2.82. The van der Waals surface area contributed by atoms with E-state index in [1.165, 1.54) is 0 Å². The van der Waals surface area contributed by atoms with Crippen LogP contribution in [0.15, 0.2) is 48.5 Å². The topological polar surface area (TPSA) is 58.6 Å². The molecule has 126 valence electrons. The monoisotopic (exact) mass is 345 g/mol.